The van der Waals surface area contributed by atoms with E-state index in [9.17, 15) is 9.18 Å². The first kappa shape index (κ1) is 16.7. The Labute approximate surface area is 131 Å². The summed E-state index contributed by atoms with van der Waals surface area (Å²) in [7, 11) is 0. The number of hydrogen-bond acceptors (Lipinski definition) is 2. The van der Waals surface area contributed by atoms with Gasteiger partial charge in [-0.3, -0.25) is 0 Å². The van der Waals surface area contributed by atoms with Crippen LogP contribution in [-0.2, 0) is 6.42 Å². The molecule has 0 heterocycles. The third-order valence-corrected chi connectivity index (χ3v) is 4.25. The molecule has 22 heavy (non-hydrogen) atoms. The summed E-state index contributed by atoms with van der Waals surface area (Å²) in [5.74, 6) is 0.128. The zero-order valence-corrected chi connectivity index (χ0v) is 13.0. The van der Waals surface area contributed by atoms with Crippen LogP contribution in [0.15, 0.2) is 24.3 Å². The lowest BCUT2D eigenvalue weighted by Gasteiger charge is -2.28. The van der Waals surface area contributed by atoms with Gasteiger partial charge in [-0.2, -0.15) is 0 Å². The van der Waals surface area contributed by atoms with Gasteiger partial charge in [-0.05, 0) is 62.6 Å². The van der Waals surface area contributed by atoms with Crippen LogP contribution in [0.25, 0.3) is 0 Å². The van der Waals surface area contributed by atoms with Crippen LogP contribution in [0.3, 0.4) is 0 Å². The van der Waals surface area contributed by atoms with Crippen molar-refractivity contribution in [2.75, 3.05) is 6.61 Å². The van der Waals surface area contributed by atoms with E-state index in [1.807, 2.05) is 13.0 Å². The monoisotopic (exact) mass is 308 g/mol. The number of urea groups is 1. The first-order chi connectivity index (χ1) is 10.6. The highest BCUT2D eigenvalue weighted by molar-refractivity contribution is 5.74. The quantitative estimate of drug-likeness (QED) is 0.783. The van der Waals surface area contributed by atoms with Crippen molar-refractivity contribution in [1.29, 1.82) is 0 Å². The fraction of sp³-hybridized carbons (Fsp3) is 0.588. The maximum Gasteiger partial charge on any atom is 0.315 e. The first-order valence-corrected chi connectivity index (χ1v) is 7.99. The number of aliphatic hydroxyl groups is 1. The smallest absolute Gasteiger partial charge is 0.315 e. The largest absolute Gasteiger partial charge is 0.396 e. The molecule has 1 atom stereocenters. The lowest BCUT2D eigenvalue weighted by Crippen LogP contribution is -2.47. The number of rotatable bonds is 5. The Bertz CT molecular complexity index is 487. The Balaban J connectivity index is 1.72. The van der Waals surface area contributed by atoms with Crippen LogP contribution in [0.2, 0.25) is 0 Å². The van der Waals surface area contributed by atoms with Gasteiger partial charge in [0.25, 0.3) is 0 Å². The molecule has 0 aromatic heterocycles. The predicted molar refractivity (Wildman–Crippen MR) is 84.1 cm³/mol. The van der Waals surface area contributed by atoms with Gasteiger partial charge in [-0.1, -0.05) is 12.1 Å². The molecule has 1 saturated carbocycles. The molecule has 1 aromatic rings. The van der Waals surface area contributed by atoms with E-state index in [1.54, 1.807) is 6.07 Å². The number of carbonyl (C=O) groups excluding carboxylic acids is 1. The predicted octanol–water partition coefficient (Wildman–Crippen LogP) is 2.61. The normalized spacial score (nSPS) is 22.9. The van der Waals surface area contributed by atoms with Gasteiger partial charge in [0.05, 0.1) is 0 Å². The van der Waals surface area contributed by atoms with Gasteiger partial charge in [0, 0.05) is 18.7 Å². The van der Waals surface area contributed by atoms with Crippen molar-refractivity contribution in [2.45, 2.75) is 51.1 Å². The average Bonchev–Trinajstić information content (AvgIpc) is 2.47. The van der Waals surface area contributed by atoms with Gasteiger partial charge in [0.15, 0.2) is 0 Å². The minimum absolute atomic E-state index is 0.0596. The van der Waals surface area contributed by atoms with Crippen molar-refractivity contribution in [3.05, 3.63) is 35.6 Å². The van der Waals surface area contributed by atoms with Gasteiger partial charge in [-0.15, -0.1) is 0 Å². The van der Waals surface area contributed by atoms with Gasteiger partial charge in [0.1, 0.15) is 5.82 Å². The molecule has 0 spiro atoms. The minimum Gasteiger partial charge on any atom is -0.396 e. The van der Waals surface area contributed by atoms with Gasteiger partial charge < -0.3 is 15.7 Å². The Morgan fingerprint density at radius 3 is 2.73 bits per heavy atom. The number of hydrogen-bond donors (Lipinski definition) is 3. The molecule has 1 aliphatic carbocycles. The zero-order valence-electron chi connectivity index (χ0n) is 13.0. The summed E-state index contributed by atoms with van der Waals surface area (Å²) >= 11 is 0. The summed E-state index contributed by atoms with van der Waals surface area (Å²) < 4.78 is 13.1. The maximum absolute atomic E-state index is 13.1. The lowest BCUT2D eigenvalue weighted by molar-refractivity contribution is 0.174. The van der Waals surface area contributed by atoms with E-state index in [0.717, 1.165) is 31.2 Å². The molecule has 5 heteroatoms. The van der Waals surface area contributed by atoms with Crippen molar-refractivity contribution >= 4 is 6.03 Å². The van der Waals surface area contributed by atoms with Crippen molar-refractivity contribution in [1.82, 2.24) is 10.6 Å². The fourth-order valence-corrected chi connectivity index (χ4v) is 3.01. The molecule has 3 N–H and O–H groups in total. The van der Waals surface area contributed by atoms with E-state index in [2.05, 4.69) is 10.6 Å². The van der Waals surface area contributed by atoms with Crippen LogP contribution >= 0.6 is 0 Å². The standard InChI is InChI=1S/C17H25FN2O2/c1-12(9-14-3-2-4-15(18)10-14)19-17(22)20-16-7-5-13(11-21)6-8-16/h2-4,10,12-13,16,21H,5-9,11H2,1H3,(H2,19,20,22). The molecular weight excluding hydrogens is 283 g/mol. The van der Waals surface area contributed by atoms with Crippen LogP contribution in [-0.4, -0.2) is 29.8 Å². The number of nitrogens with one attached hydrogen (secondary N) is 2. The zero-order chi connectivity index (χ0) is 15.9. The number of benzene rings is 1. The van der Waals surface area contributed by atoms with Gasteiger partial charge in [0.2, 0.25) is 0 Å². The minimum atomic E-state index is -0.255. The van der Waals surface area contributed by atoms with E-state index in [-0.39, 0.29) is 30.5 Å². The first-order valence-electron chi connectivity index (χ1n) is 7.99. The molecule has 1 fully saturated rings. The Morgan fingerprint density at radius 2 is 2.09 bits per heavy atom. The summed E-state index contributed by atoms with van der Waals surface area (Å²) in [4.78, 5) is 12.0. The van der Waals surface area contributed by atoms with Crippen molar-refractivity contribution in [2.24, 2.45) is 5.92 Å². The molecule has 0 radical (unpaired) electrons. The summed E-state index contributed by atoms with van der Waals surface area (Å²) in [5.41, 5.74) is 0.872. The second kappa shape index (κ2) is 8.13. The van der Waals surface area contributed by atoms with E-state index in [1.165, 1.54) is 12.1 Å². The molecule has 1 aromatic carbocycles. The van der Waals surface area contributed by atoms with E-state index >= 15 is 0 Å². The van der Waals surface area contributed by atoms with Crippen LogP contribution in [0.4, 0.5) is 9.18 Å². The molecule has 0 saturated heterocycles. The van der Waals surface area contributed by atoms with Crippen LogP contribution in [0.1, 0.15) is 38.2 Å². The molecule has 2 amide bonds. The molecule has 2 rings (SSSR count). The highest BCUT2D eigenvalue weighted by Crippen LogP contribution is 2.23. The Hall–Kier alpha value is -1.62. The number of amides is 2. The molecule has 1 aliphatic rings. The molecule has 0 aliphatic heterocycles. The van der Waals surface area contributed by atoms with Crippen LogP contribution < -0.4 is 10.6 Å². The summed E-state index contributed by atoms with van der Waals surface area (Å²) in [6.07, 6.45) is 4.34. The third kappa shape index (κ3) is 5.30. The molecule has 0 bridgehead atoms. The number of carbonyl (C=O) groups is 1. The number of aliphatic hydroxyl groups excluding tert-OH is 1. The van der Waals surface area contributed by atoms with E-state index in [0.29, 0.717) is 12.3 Å². The lowest BCUT2D eigenvalue weighted by atomic mass is 9.87. The summed E-state index contributed by atoms with van der Waals surface area (Å²) in [6, 6.07) is 6.39. The second-order valence-electron chi connectivity index (χ2n) is 6.25. The summed E-state index contributed by atoms with van der Waals surface area (Å²) in [5, 5.41) is 15.0. The highest BCUT2D eigenvalue weighted by atomic mass is 19.1. The number of halogens is 1. The van der Waals surface area contributed by atoms with Gasteiger partial charge in [-0.25, -0.2) is 9.18 Å². The van der Waals surface area contributed by atoms with E-state index < -0.39 is 0 Å². The van der Waals surface area contributed by atoms with Crippen molar-refractivity contribution in [3.8, 4) is 0 Å². The third-order valence-electron chi connectivity index (χ3n) is 4.25. The Morgan fingerprint density at radius 1 is 1.36 bits per heavy atom. The van der Waals surface area contributed by atoms with Crippen LogP contribution in [0.5, 0.6) is 0 Å². The SMILES string of the molecule is CC(Cc1cccc(F)c1)NC(=O)NC1CCC(CO)CC1. The average molecular weight is 308 g/mol. The second-order valence-corrected chi connectivity index (χ2v) is 6.25. The maximum atomic E-state index is 13.1. The topological polar surface area (TPSA) is 61.4 Å². The fourth-order valence-electron chi connectivity index (χ4n) is 3.01. The van der Waals surface area contributed by atoms with Crippen molar-refractivity contribution in [3.63, 3.8) is 0 Å². The molecule has 122 valence electrons. The van der Waals surface area contributed by atoms with E-state index in [4.69, 9.17) is 5.11 Å². The van der Waals surface area contributed by atoms with Crippen LogP contribution in [0, 0.1) is 11.7 Å². The summed E-state index contributed by atoms with van der Waals surface area (Å²) in [6.45, 7) is 2.15. The molecular formula is C17H25FN2O2. The highest BCUT2D eigenvalue weighted by Gasteiger charge is 2.22. The van der Waals surface area contributed by atoms with Gasteiger partial charge >= 0.3 is 6.03 Å². The van der Waals surface area contributed by atoms with Crippen molar-refractivity contribution < 1.29 is 14.3 Å². The molecule has 4 nitrogen and oxygen atoms in total. The Kier molecular flexibility index (Phi) is 6.19. The molecule has 1 unspecified atom stereocenters.